The van der Waals surface area contributed by atoms with E-state index in [1.807, 2.05) is 61.5 Å². The lowest BCUT2D eigenvalue weighted by atomic mass is 10.1. The summed E-state index contributed by atoms with van der Waals surface area (Å²) in [6, 6.07) is 17.4. The number of hydrogen-bond donors (Lipinski definition) is 1. The first-order chi connectivity index (χ1) is 12.1. The molecule has 0 aliphatic rings. The Balaban J connectivity index is 1.95. The lowest BCUT2D eigenvalue weighted by molar-refractivity contribution is -0.143. The van der Waals surface area contributed by atoms with E-state index in [-0.39, 0.29) is 0 Å². The molecule has 0 radical (unpaired) electrons. The normalized spacial score (nSPS) is 10.3. The molecular weight excluding hydrogens is 312 g/mol. The number of nitrogens with zero attached hydrogens (tertiary/aromatic N) is 1. The van der Waals surface area contributed by atoms with Crippen LogP contribution in [0.15, 0.2) is 54.6 Å². The van der Waals surface area contributed by atoms with Crippen molar-refractivity contribution in [1.82, 2.24) is 4.90 Å². The van der Waals surface area contributed by atoms with Crippen molar-refractivity contribution in [3.05, 3.63) is 65.7 Å². The summed E-state index contributed by atoms with van der Waals surface area (Å²) in [6.07, 6.45) is 3.33. The first-order valence-corrected chi connectivity index (χ1v) is 8.87. The van der Waals surface area contributed by atoms with E-state index in [1.54, 1.807) is 4.90 Å². The molecule has 0 bridgehead atoms. The van der Waals surface area contributed by atoms with Crippen LogP contribution in [0.2, 0.25) is 0 Å². The Labute approximate surface area is 149 Å². The van der Waals surface area contributed by atoms with Gasteiger partial charge < -0.3 is 10.2 Å². The molecule has 0 aliphatic carbocycles. The summed E-state index contributed by atoms with van der Waals surface area (Å²) < 4.78 is 0. The van der Waals surface area contributed by atoms with E-state index < -0.39 is 11.8 Å². The SMILES string of the molecule is CCCCc1ccc(NC(=O)C(=O)N(CC)Cc2ccccc2)cc1. The quantitative estimate of drug-likeness (QED) is 0.775. The number of amides is 2. The van der Waals surface area contributed by atoms with Gasteiger partial charge in [-0.25, -0.2) is 0 Å². The van der Waals surface area contributed by atoms with E-state index in [1.165, 1.54) is 5.56 Å². The Kier molecular flexibility index (Phi) is 7.20. The molecule has 2 amide bonds. The summed E-state index contributed by atoms with van der Waals surface area (Å²) in [5, 5.41) is 2.70. The number of anilines is 1. The molecule has 2 aromatic carbocycles. The van der Waals surface area contributed by atoms with Gasteiger partial charge in [-0.05, 0) is 43.0 Å². The van der Waals surface area contributed by atoms with Gasteiger partial charge in [0.2, 0.25) is 0 Å². The molecule has 0 unspecified atom stereocenters. The Hall–Kier alpha value is -2.62. The first kappa shape index (κ1) is 18.7. The van der Waals surface area contributed by atoms with E-state index >= 15 is 0 Å². The summed E-state index contributed by atoms with van der Waals surface area (Å²) >= 11 is 0. The molecule has 0 aromatic heterocycles. The summed E-state index contributed by atoms with van der Waals surface area (Å²) in [4.78, 5) is 26.2. The third kappa shape index (κ3) is 5.75. The molecule has 132 valence electrons. The van der Waals surface area contributed by atoms with Crippen LogP contribution in [0.1, 0.15) is 37.8 Å². The molecule has 25 heavy (non-hydrogen) atoms. The number of hydrogen-bond acceptors (Lipinski definition) is 2. The van der Waals surface area contributed by atoms with Gasteiger partial charge in [-0.2, -0.15) is 0 Å². The lowest BCUT2D eigenvalue weighted by Gasteiger charge is -2.20. The second-order valence-electron chi connectivity index (χ2n) is 6.06. The number of aryl methyl sites for hydroxylation is 1. The molecule has 0 heterocycles. The maximum Gasteiger partial charge on any atom is 0.313 e. The van der Waals surface area contributed by atoms with Crippen molar-refractivity contribution in [2.75, 3.05) is 11.9 Å². The van der Waals surface area contributed by atoms with Crippen molar-refractivity contribution in [1.29, 1.82) is 0 Å². The minimum atomic E-state index is -0.598. The lowest BCUT2D eigenvalue weighted by Crippen LogP contribution is -2.39. The van der Waals surface area contributed by atoms with Gasteiger partial charge in [0.25, 0.3) is 0 Å². The van der Waals surface area contributed by atoms with Crippen molar-refractivity contribution < 1.29 is 9.59 Å². The molecule has 0 saturated heterocycles. The van der Waals surface area contributed by atoms with E-state index in [4.69, 9.17) is 0 Å². The number of carbonyl (C=O) groups is 2. The molecule has 0 saturated carbocycles. The third-order valence-electron chi connectivity index (χ3n) is 4.11. The molecule has 0 spiro atoms. The van der Waals surface area contributed by atoms with Crippen LogP contribution >= 0.6 is 0 Å². The minimum absolute atomic E-state index is 0.430. The average molecular weight is 338 g/mol. The summed E-state index contributed by atoms with van der Waals surface area (Å²) in [6.45, 7) is 4.95. The Morgan fingerprint density at radius 2 is 1.60 bits per heavy atom. The van der Waals surface area contributed by atoms with Crippen molar-refractivity contribution in [3.63, 3.8) is 0 Å². The highest BCUT2D eigenvalue weighted by atomic mass is 16.2. The summed E-state index contributed by atoms with van der Waals surface area (Å²) in [7, 11) is 0. The predicted molar refractivity (Wildman–Crippen MR) is 101 cm³/mol. The number of carbonyl (C=O) groups excluding carboxylic acids is 2. The molecule has 0 atom stereocenters. The smallest absolute Gasteiger partial charge is 0.313 e. The second-order valence-corrected chi connectivity index (χ2v) is 6.06. The zero-order valence-corrected chi connectivity index (χ0v) is 15.0. The highest BCUT2D eigenvalue weighted by molar-refractivity contribution is 6.39. The van der Waals surface area contributed by atoms with E-state index in [0.29, 0.717) is 18.8 Å². The highest BCUT2D eigenvalue weighted by Gasteiger charge is 2.20. The zero-order chi connectivity index (χ0) is 18.1. The molecule has 1 N–H and O–H groups in total. The molecule has 2 rings (SSSR count). The molecule has 4 heteroatoms. The van der Waals surface area contributed by atoms with E-state index in [2.05, 4.69) is 12.2 Å². The molecule has 0 aliphatic heterocycles. The maximum atomic E-state index is 12.4. The van der Waals surface area contributed by atoms with Gasteiger partial charge in [0.05, 0.1) is 0 Å². The Morgan fingerprint density at radius 3 is 2.20 bits per heavy atom. The zero-order valence-electron chi connectivity index (χ0n) is 15.0. The number of likely N-dealkylation sites (N-methyl/N-ethyl adjacent to an activating group) is 1. The standard InChI is InChI=1S/C21H26N2O2/c1-3-5-9-17-12-14-19(15-13-17)22-20(24)21(25)23(4-2)16-18-10-7-6-8-11-18/h6-8,10-15H,3-5,9,16H2,1-2H3,(H,22,24). The fourth-order valence-corrected chi connectivity index (χ4v) is 2.59. The third-order valence-corrected chi connectivity index (χ3v) is 4.11. The van der Waals surface area contributed by atoms with E-state index in [9.17, 15) is 9.59 Å². The largest absolute Gasteiger partial charge is 0.330 e. The summed E-state index contributed by atoms with van der Waals surface area (Å²) in [5.74, 6) is -1.11. The van der Waals surface area contributed by atoms with Crippen LogP contribution < -0.4 is 5.32 Å². The Morgan fingerprint density at radius 1 is 0.920 bits per heavy atom. The number of nitrogens with one attached hydrogen (secondary N) is 1. The highest BCUT2D eigenvalue weighted by Crippen LogP contribution is 2.12. The first-order valence-electron chi connectivity index (χ1n) is 8.87. The molecule has 2 aromatic rings. The van der Waals surface area contributed by atoms with Crippen LogP contribution in [0.3, 0.4) is 0 Å². The summed E-state index contributed by atoms with van der Waals surface area (Å²) in [5.41, 5.74) is 2.89. The fraction of sp³-hybridized carbons (Fsp3) is 0.333. The van der Waals surface area contributed by atoms with Gasteiger partial charge in [0.15, 0.2) is 0 Å². The number of rotatable bonds is 7. The second kappa shape index (κ2) is 9.62. The molecule has 4 nitrogen and oxygen atoms in total. The molecule has 0 fully saturated rings. The fourth-order valence-electron chi connectivity index (χ4n) is 2.59. The van der Waals surface area contributed by atoms with Crippen molar-refractivity contribution >= 4 is 17.5 Å². The maximum absolute atomic E-state index is 12.4. The van der Waals surface area contributed by atoms with Gasteiger partial charge >= 0.3 is 11.8 Å². The minimum Gasteiger partial charge on any atom is -0.330 e. The van der Waals surface area contributed by atoms with Crippen LogP contribution in [0.4, 0.5) is 5.69 Å². The van der Waals surface area contributed by atoms with Crippen LogP contribution in [-0.4, -0.2) is 23.3 Å². The number of benzene rings is 2. The van der Waals surface area contributed by atoms with Gasteiger partial charge in [-0.15, -0.1) is 0 Å². The van der Waals surface area contributed by atoms with Crippen LogP contribution in [-0.2, 0) is 22.6 Å². The van der Waals surface area contributed by atoms with Crippen molar-refractivity contribution in [3.8, 4) is 0 Å². The van der Waals surface area contributed by atoms with E-state index in [0.717, 1.165) is 24.8 Å². The van der Waals surface area contributed by atoms with Crippen LogP contribution in [0.25, 0.3) is 0 Å². The molecular formula is C21H26N2O2. The van der Waals surface area contributed by atoms with Gasteiger partial charge in [-0.3, -0.25) is 9.59 Å². The van der Waals surface area contributed by atoms with Crippen molar-refractivity contribution in [2.24, 2.45) is 0 Å². The Bertz CT molecular complexity index is 681. The predicted octanol–water partition coefficient (Wildman–Crippen LogP) is 4.02. The van der Waals surface area contributed by atoms with Crippen LogP contribution in [0, 0.1) is 0 Å². The topological polar surface area (TPSA) is 49.4 Å². The average Bonchev–Trinajstić information content (AvgIpc) is 2.65. The van der Waals surface area contributed by atoms with Crippen molar-refractivity contribution in [2.45, 2.75) is 39.7 Å². The van der Waals surface area contributed by atoms with Crippen LogP contribution in [0.5, 0.6) is 0 Å². The monoisotopic (exact) mass is 338 g/mol. The van der Waals surface area contributed by atoms with Gasteiger partial charge in [0.1, 0.15) is 0 Å². The van der Waals surface area contributed by atoms with Gasteiger partial charge in [0, 0.05) is 18.8 Å². The van der Waals surface area contributed by atoms with Gasteiger partial charge in [-0.1, -0.05) is 55.8 Å². The number of unbranched alkanes of at least 4 members (excludes halogenated alkanes) is 1.